The lowest BCUT2D eigenvalue weighted by Gasteiger charge is -2.16. The van der Waals surface area contributed by atoms with Crippen molar-refractivity contribution in [1.82, 2.24) is 5.32 Å². The molecule has 112 valence electrons. The van der Waals surface area contributed by atoms with Crippen molar-refractivity contribution in [1.29, 1.82) is 0 Å². The molecule has 0 bridgehead atoms. The molecule has 0 fully saturated rings. The number of benzene rings is 2. The zero-order valence-corrected chi connectivity index (χ0v) is 13.8. The number of nitrogens with one attached hydrogen (secondary N) is 1. The summed E-state index contributed by atoms with van der Waals surface area (Å²) in [5.74, 6) is 1.89. The fourth-order valence-electron chi connectivity index (χ4n) is 2.48. The molecule has 0 spiro atoms. The van der Waals surface area contributed by atoms with Crippen molar-refractivity contribution in [3.05, 3.63) is 65.7 Å². The van der Waals surface area contributed by atoms with Crippen molar-refractivity contribution >= 4 is 11.8 Å². The molecule has 1 nitrogen and oxygen atoms in total. The molecule has 2 aromatic carbocycles. The molecular formula is C19H25NS. The van der Waals surface area contributed by atoms with E-state index in [0.29, 0.717) is 5.92 Å². The first-order valence-corrected chi connectivity index (χ1v) is 8.64. The second-order valence-electron chi connectivity index (χ2n) is 5.56. The van der Waals surface area contributed by atoms with Gasteiger partial charge in [0.05, 0.1) is 0 Å². The molecule has 1 N–H and O–H groups in total. The normalized spacial score (nSPS) is 12.3. The van der Waals surface area contributed by atoms with Gasteiger partial charge >= 0.3 is 0 Å². The first kappa shape index (κ1) is 16.1. The Morgan fingerprint density at radius 3 is 2.38 bits per heavy atom. The van der Waals surface area contributed by atoms with Crippen LogP contribution in [-0.2, 0) is 6.42 Å². The zero-order chi connectivity index (χ0) is 14.9. The van der Waals surface area contributed by atoms with Gasteiger partial charge in [-0.15, -0.1) is 11.8 Å². The molecule has 0 aliphatic rings. The highest BCUT2D eigenvalue weighted by Crippen LogP contribution is 2.21. The van der Waals surface area contributed by atoms with Crippen LogP contribution in [0, 0.1) is 12.8 Å². The van der Waals surface area contributed by atoms with Crippen LogP contribution >= 0.6 is 11.8 Å². The Balaban J connectivity index is 1.82. The van der Waals surface area contributed by atoms with Crippen LogP contribution in [0.25, 0.3) is 0 Å². The molecule has 21 heavy (non-hydrogen) atoms. The molecule has 1 atom stereocenters. The lowest BCUT2D eigenvalue weighted by Crippen LogP contribution is -2.21. The van der Waals surface area contributed by atoms with Crippen molar-refractivity contribution in [2.45, 2.75) is 24.7 Å². The van der Waals surface area contributed by atoms with E-state index in [1.807, 2.05) is 18.8 Å². The maximum atomic E-state index is 3.34. The molecule has 0 amide bonds. The van der Waals surface area contributed by atoms with Gasteiger partial charge in [0.25, 0.3) is 0 Å². The summed E-state index contributed by atoms with van der Waals surface area (Å²) >= 11 is 1.96. The van der Waals surface area contributed by atoms with Gasteiger partial charge in [0.2, 0.25) is 0 Å². The van der Waals surface area contributed by atoms with E-state index in [2.05, 4.69) is 66.8 Å². The zero-order valence-electron chi connectivity index (χ0n) is 13.0. The van der Waals surface area contributed by atoms with E-state index < -0.39 is 0 Å². The summed E-state index contributed by atoms with van der Waals surface area (Å²) in [6.07, 6.45) is 2.41. The van der Waals surface area contributed by atoms with Crippen molar-refractivity contribution in [3.8, 4) is 0 Å². The monoisotopic (exact) mass is 299 g/mol. The minimum absolute atomic E-state index is 0.703. The molecule has 0 aliphatic carbocycles. The van der Waals surface area contributed by atoms with Gasteiger partial charge in [0.1, 0.15) is 0 Å². The van der Waals surface area contributed by atoms with Crippen LogP contribution in [0.2, 0.25) is 0 Å². The third-order valence-electron chi connectivity index (χ3n) is 3.68. The molecule has 0 aromatic heterocycles. The summed E-state index contributed by atoms with van der Waals surface area (Å²) in [6, 6.07) is 19.6. The van der Waals surface area contributed by atoms with E-state index in [0.717, 1.165) is 13.0 Å². The van der Waals surface area contributed by atoms with E-state index in [4.69, 9.17) is 0 Å². The van der Waals surface area contributed by atoms with Gasteiger partial charge in [-0.1, -0.05) is 48.0 Å². The summed E-state index contributed by atoms with van der Waals surface area (Å²) in [7, 11) is 2.05. The van der Waals surface area contributed by atoms with Crippen LogP contribution in [0.5, 0.6) is 0 Å². The molecule has 0 radical (unpaired) electrons. The minimum atomic E-state index is 0.703. The second kappa shape index (κ2) is 8.91. The van der Waals surface area contributed by atoms with Crippen LogP contribution < -0.4 is 5.32 Å². The maximum absolute atomic E-state index is 3.34. The molecule has 2 aromatic rings. The average Bonchev–Trinajstić information content (AvgIpc) is 2.51. The van der Waals surface area contributed by atoms with E-state index in [1.165, 1.54) is 28.2 Å². The Labute approximate surface area is 133 Å². The molecule has 0 saturated heterocycles. The molecule has 1 unspecified atom stereocenters. The number of thioether (sulfide) groups is 1. The number of hydrogen-bond acceptors (Lipinski definition) is 2. The van der Waals surface area contributed by atoms with Gasteiger partial charge in [-0.3, -0.25) is 0 Å². The van der Waals surface area contributed by atoms with Gasteiger partial charge in [0, 0.05) is 4.90 Å². The molecule has 0 heterocycles. The first-order chi connectivity index (χ1) is 10.3. The Morgan fingerprint density at radius 1 is 1.00 bits per heavy atom. The highest BCUT2D eigenvalue weighted by molar-refractivity contribution is 7.99. The number of aryl methyl sites for hydroxylation is 1. The largest absolute Gasteiger partial charge is 0.319 e. The van der Waals surface area contributed by atoms with E-state index >= 15 is 0 Å². The number of rotatable bonds is 8. The SMILES string of the molecule is CNCC(CCSc1ccccc1)Cc1ccc(C)cc1. The van der Waals surface area contributed by atoms with Crippen molar-refractivity contribution in [3.63, 3.8) is 0 Å². The molecule has 2 rings (SSSR count). The minimum Gasteiger partial charge on any atom is -0.319 e. The highest BCUT2D eigenvalue weighted by Gasteiger charge is 2.09. The van der Waals surface area contributed by atoms with Crippen molar-refractivity contribution in [2.75, 3.05) is 19.3 Å². The third kappa shape index (κ3) is 5.94. The van der Waals surface area contributed by atoms with Crippen molar-refractivity contribution < 1.29 is 0 Å². The Morgan fingerprint density at radius 2 is 1.71 bits per heavy atom. The summed E-state index contributed by atoms with van der Waals surface area (Å²) in [5, 5.41) is 3.34. The standard InChI is InChI=1S/C19H25NS/c1-16-8-10-17(11-9-16)14-18(15-20-2)12-13-21-19-6-4-3-5-7-19/h3-11,18,20H,12-15H2,1-2H3. The summed E-state index contributed by atoms with van der Waals surface area (Å²) in [5.41, 5.74) is 2.79. The van der Waals surface area contributed by atoms with Gasteiger partial charge in [-0.25, -0.2) is 0 Å². The Kier molecular flexibility index (Phi) is 6.84. The van der Waals surface area contributed by atoms with Gasteiger partial charge in [-0.2, -0.15) is 0 Å². The van der Waals surface area contributed by atoms with Crippen LogP contribution in [0.15, 0.2) is 59.5 Å². The van der Waals surface area contributed by atoms with Gasteiger partial charge < -0.3 is 5.32 Å². The summed E-state index contributed by atoms with van der Waals surface area (Å²) in [4.78, 5) is 1.37. The fraction of sp³-hybridized carbons (Fsp3) is 0.368. The van der Waals surface area contributed by atoms with Crippen molar-refractivity contribution in [2.24, 2.45) is 5.92 Å². The predicted molar refractivity (Wildman–Crippen MR) is 94.1 cm³/mol. The highest BCUT2D eigenvalue weighted by atomic mass is 32.2. The Bertz CT molecular complexity index is 507. The Hall–Kier alpha value is -1.25. The molecular weight excluding hydrogens is 274 g/mol. The van der Waals surface area contributed by atoms with E-state index in [9.17, 15) is 0 Å². The maximum Gasteiger partial charge on any atom is 0.00719 e. The third-order valence-corrected chi connectivity index (χ3v) is 4.72. The summed E-state index contributed by atoms with van der Waals surface area (Å²) in [6.45, 7) is 3.23. The van der Waals surface area contributed by atoms with E-state index in [-0.39, 0.29) is 0 Å². The second-order valence-corrected chi connectivity index (χ2v) is 6.73. The fourth-order valence-corrected chi connectivity index (χ4v) is 3.52. The van der Waals surface area contributed by atoms with Crippen LogP contribution in [-0.4, -0.2) is 19.3 Å². The van der Waals surface area contributed by atoms with E-state index in [1.54, 1.807) is 0 Å². The quantitative estimate of drug-likeness (QED) is 0.717. The summed E-state index contributed by atoms with van der Waals surface area (Å²) < 4.78 is 0. The lowest BCUT2D eigenvalue weighted by atomic mass is 9.96. The topological polar surface area (TPSA) is 12.0 Å². The van der Waals surface area contributed by atoms with Gasteiger partial charge in [-0.05, 0) is 62.7 Å². The first-order valence-electron chi connectivity index (χ1n) is 7.66. The average molecular weight is 299 g/mol. The van der Waals surface area contributed by atoms with Crippen LogP contribution in [0.4, 0.5) is 0 Å². The van der Waals surface area contributed by atoms with Crippen LogP contribution in [0.3, 0.4) is 0 Å². The smallest absolute Gasteiger partial charge is 0.00719 e. The molecule has 2 heteroatoms. The molecule has 0 saturated carbocycles. The molecule has 0 aliphatic heterocycles. The predicted octanol–water partition coefficient (Wildman–Crippen LogP) is 4.56. The van der Waals surface area contributed by atoms with Crippen LogP contribution in [0.1, 0.15) is 17.5 Å². The van der Waals surface area contributed by atoms with Gasteiger partial charge in [0.15, 0.2) is 0 Å². The lowest BCUT2D eigenvalue weighted by molar-refractivity contribution is 0.484. The number of hydrogen-bond donors (Lipinski definition) is 1.